The molecule has 1 aromatic heterocycles. The van der Waals surface area contributed by atoms with E-state index in [2.05, 4.69) is 10.3 Å². The van der Waals surface area contributed by atoms with Gasteiger partial charge in [-0.25, -0.2) is 0 Å². The second-order valence-corrected chi connectivity index (χ2v) is 3.27. The summed E-state index contributed by atoms with van der Waals surface area (Å²) in [6.07, 6.45) is 1.49. The fourth-order valence-electron chi connectivity index (χ4n) is 1.27. The first-order chi connectivity index (χ1) is 8.06. The van der Waals surface area contributed by atoms with Gasteiger partial charge in [0.2, 0.25) is 12.1 Å². The number of aromatic nitrogens is 2. The number of nitro groups is 1. The largest absolute Gasteiger partial charge is 0.466 e. The van der Waals surface area contributed by atoms with Crippen molar-refractivity contribution in [3.63, 3.8) is 0 Å². The van der Waals surface area contributed by atoms with Gasteiger partial charge in [0.1, 0.15) is 0 Å². The van der Waals surface area contributed by atoms with Crippen molar-refractivity contribution in [2.45, 2.75) is 13.3 Å². The van der Waals surface area contributed by atoms with Gasteiger partial charge in [0, 0.05) is 13.6 Å². The molecule has 0 aliphatic rings. The van der Waals surface area contributed by atoms with Crippen LogP contribution in [0.15, 0.2) is 6.33 Å². The van der Waals surface area contributed by atoms with Crippen molar-refractivity contribution in [2.75, 3.05) is 18.5 Å². The van der Waals surface area contributed by atoms with E-state index in [1.54, 1.807) is 14.0 Å². The van der Waals surface area contributed by atoms with Crippen LogP contribution >= 0.6 is 0 Å². The van der Waals surface area contributed by atoms with Gasteiger partial charge in [0.25, 0.3) is 0 Å². The van der Waals surface area contributed by atoms with Gasteiger partial charge < -0.3 is 20.2 Å². The van der Waals surface area contributed by atoms with Crippen LogP contribution in [-0.4, -0.2) is 33.6 Å². The lowest BCUT2D eigenvalue weighted by atomic mass is 10.4. The molecule has 8 heteroatoms. The predicted octanol–water partition coefficient (Wildman–Crippen LogP) is 0.693. The summed E-state index contributed by atoms with van der Waals surface area (Å²) >= 11 is 0. The van der Waals surface area contributed by atoms with Crippen molar-refractivity contribution in [1.82, 2.24) is 9.55 Å². The van der Waals surface area contributed by atoms with Crippen LogP contribution in [-0.2, 0) is 16.6 Å². The zero-order valence-electron chi connectivity index (χ0n) is 9.67. The van der Waals surface area contributed by atoms with E-state index in [4.69, 9.17) is 4.74 Å². The topological polar surface area (TPSA) is 99.3 Å². The zero-order valence-corrected chi connectivity index (χ0v) is 9.67. The van der Waals surface area contributed by atoms with Crippen molar-refractivity contribution in [3.8, 4) is 0 Å². The number of carbonyl (C=O) groups is 1. The van der Waals surface area contributed by atoms with E-state index in [1.165, 1.54) is 10.9 Å². The molecule has 1 rings (SSSR count). The van der Waals surface area contributed by atoms with Gasteiger partial charge in [0.15, 0.2) is 0 Å². The molecule has 0 aromatic carbocycles. The van der Waals surface area contributed by atoms with Crippen molar-refractivity contribution in [3.05, 3.63) is 16.4 Å². The summed E-state index contributed by atoms with van der Waals surface area (Å²) in [5.74, 6) is -0.319. The minimum absolute atomic E-state index is 0.149. The standard InChI is InChI=1S/C9H14N4O4/c1-3-17-7(14)4-5-10-8-9(13(15)16)11-6-12(8)2/h6,10H,3-5H2,1-2H3. The first kappa shape index (κ1) is 12.9. The lowest BCUT2D eigenvalue weighted by molar-refractivity contribution is -0.388. The Kier molecular flexibility index (Phi) is 4.44. The van der Waals surface area contributed by atoms with E-state index < -0.39 is 4.92 Å². The minimum atomic E-state index is -0.577. The Balaban J connectivity index is 2.54. The first-order valence-electron chi connectivity index (χ1n) is 5.11. The Labute approximate surface area is 97.7 Å². The van der Waals surface area contributed by atoms with Crippen LogP contribution in [0.4, 0.5) is 11.6 Å². The maximum atomic E-state index is 11.1. The van der Waals surface area contributed by atoms with Crippen LogP contribution in [0.25, 0.3) is 0 Å². The van der Waals surface area contributed by atoms with Gasteiger partial charge in [-0.15, -0.1) is 0 Å². The lowest BCUT2D eigenvalue weighted by Crippen LogP contribution is -2.13. The highest BCUT2D eigenvalue weighted by atomic mass is 16.6. The Bertz CT molecular complexity index is 415. The Morgan fingerprint density at radius 3 is 3.00 bits per heavy atom. The number of esters is 1. The molecule has 1 aromatic rings. The quantitative estimate of drug-likeness (QED) is 0.447. The Morgan fingerprint density at radius 1 is 1.71 bits per heavy atom. The van der Waals surface area contributed by atoms with E-state index in [0.717, 1.165) is 0 Å². The van der Waals surface area contributed by atoms with Gasteiger partial charge in [-0.2, -0.15) is 0 Å². The van der Waals surface area contributed by atoms with Crippen LogP contribution in [0.2, 0.25) is 0 Å². The molecule has 17 heavy (non-hydrogen) atoms. The maximum absolute atomic E-state index is 11.1. The van der Waals surface area contributed by atoms with Gasteiger partial charge in [0.05, 0.1) is 13.0 Å². The number of hydrogen-bond acceptors (Lipinski definition) is 6. The highest BCUT2D eigenvalue weighted by Gasteiger charge is 2.19. The molecule has 0 unspecified atom stereocenters. The fraction of sp³-hybridized carbons (Fsp3) is 0.556. The fourth-order valence-corrected chi connectivity index (χ4v) is 1.27. The smallest absolute Gasteiger partial charge is 0.406 e. The van der Waals surface area contributed by atoms with E-state index in [-0.39, 0.29) is 30.6 Å². The molecule has 0 saturated carbocycles. The lowest BCUT2D eigenvalue weighted by Gasteiger charge is -2.05. The number of rotatable bonds is 6. The second-order valence-electron chi connectivity index (χ2n) is 3.27. The molecule has 1 N–H and O–H groups in total. The Hall–Kier alpha value is -2.12. The molecule has 0 atom stereocenters. The van der Waals surface area contributed by atoms with Crippen molar-refractivity contribution < 1.29 is 14.5 Å². The molecular formula is C9H14N4O4. The molecule has 0 aliphatic heterocycles. The van der Waals surface area contributed by atoms with E-state index in [1.807, 2.05) is 0 Å². The average Bonchev–Trinajstić information content (AvgIpc) is 2.61. The summed E-state index contributed by atoms with van der Waals surface area (Å²) in [5.41, 5.74) is 0. The number of nitrogens with one attached hydrogen (secondary N) is 1. The molecular weight excluding hydrogens is 228 g/mol. The summed E-state index contributed by atoms with van der Waals surface area (Å²) in [7, 11) is 1.63. The van der Waals surface area contributed by atoms with Crippen LogP contribution in [0.3, 0.4) is 0 Å². The second kappa shape index (κ2) is 5.83. The minimum Gasteiger partial charge on any atom is -0.466 e. The third-order valence-corrected chi connectivity index (χ3v) is 2.02. The first-order valence-corrected chi connectivity index (χ1v) is 5.11. The molecule has 94 valence electrons. The molecule has 0 bridgehead atoms. The van der Waals surface area contributed by atoms with Crippen LogP contribution in [0, 0.1) is 10.1 Å². The SMILES string of the molecule is CCOC(=O)CCNc1c([N+](=O)[O-])ncn1C. The van der Waals surface area contributed by atoms with Crippen LogP contribution in [0.5, 0.6) is 0 Å². The number of anilines is 1. The number of hydrogen-bond donors (Lipinski definition) is 1. The van der Waals surface area contributed by atoms with Crippen molar-refractivity contribution in [2.24, 2.45) is 7.05 Å². The van der Waals surface area contributed by atoms with Gasteiger partial charge in [-0.1, -0.05) is 0 Å². The third kappa shape index (κ3) is 3.44. The third-order valence-electron chi connectivity index (χ3n) is 2.02. The number of nitrogens with zero attached hydrogens (tertiary/aromatic N) is 3. The highest BCUT2D eigenvalue weighted by Crippen LogP contribution is 2.20. The number of ether oxygens (including phenoxy) is 1. The summed E-state index contributed by atoms with van der Waals surface area (Å²) in [6, 6.07) is 0. The summed E-state index contributed by atoms with van der Waals surface area (Å²) < 4.78 is 6.22. The monoisotopic (exact) mass is 242 g/mol. The average molecular weight is 242 g/mol. The molecule has 0 fully saturated rings. The molecule has 0 aliphatic carbocycles. The van der Waals surface area contributed by atoms with E-state index in [9.17, 15) is 14.9 Å². The summed E-state index contributed by atoms with van der Waals surface area (Å²) in [6.45, 7) is 2.31. The molecule has 0 amide bonds. The molecule has 0 spiro atoms. The highest BCUT2D eigenvalue weighted by molar-refractivity contribution is 5.70. The van der Waals surface area contributed by atoms with Gasteiger partial charge in [-0.3, -0.25) is 9.36 Å². The normalized spacial score (nSPS) is 10.0. The van der Waals surface area contributed by atoms with E-state index >= 15 is 0 Å². The summed E-state index contributed by atoms with van der Waals surface area (Å²) in [4.78, 5) is 24.7. The molecule has 1 heterocycles. The van der Waals surface area contributed by atoms with Gasteiger partial charge in [-0.05, 0) is 16.8 Å². The summed E-state index contributed by atoms with van der Waals surface area (Å²) in [5, 5.41) is 13.4. The van der Waals surface area contributed by atoms with E-state index in [0.29, 0.717) is 6.61 Å². The zero-order chi connectivity index (χ0) is 12.8. The maximum Gasteiger partial charge on any atom is 0.406 e. The van der Waals surface area contributed by atoms with Crippen molar-refractivity contribution in [1.29, 1.82) is 0 Å². The number of aryl methyl sites for hydroxylation is 1. The number of carbonyl (C=O) groups excluding carboxylic acids is 1. The molecule has 0 saturated heterocycles. The van der Waals surface area contributed by atoms with Crippen LogP contribution in [0.1, 0.15) is 13.3 Å². The van der Waals surface area contributed by atoms with Crippen molar-refractivity contribution >= 4 is 17.6 Å². The van der Waals surface area contributed by atoms with Crippen LogP contribution < -0.4 is 5.32 Å². The predicted molar refractivity (Wildman–Crippen MR) is 59.6 cm³/mol. The molecule has 8 nitrogen and oxygen atoms in total. The molecule has 0 radical (unpaired) electrons. The van der Waals surface area contributed by atoms with Gasteiger partial charge >= 0.3 is 11.8 Å². The Morgan fingerprint density at radius 2 is 2.41 bits per heavy atom. The number of imidazole rings is 1.